The van der Waals surface area contributed by atoms with Gasteiger partial charge in [0.25, 0.3) is 5.91 Å². The van der Waals surface area contributed by atoms with Gasteiger partial charge in [-0.3, -0.25) is 14.5 Å². The molecule has 2 aliphatic rings. The number of hydrogen-bond acceptors (Lipinski definition) is 10. The number of rotatable bonds is 7. The van der Waals surface area contributed by atoms with Crippen molar-refractivity contribution in [3.05, 3.63) is 81.2 Å². The lowest BCUT2D eigenvalue weighted by atomic mass is 9.95. The van der Waals surface area contributed by atoms with Crippen LogP contribution in [0.3, 0.4) is 0 Å². The summed E-state index contributed by atoms with van der Waals surface area (Å²) >= 11 is 1.07. The van der Waals surface area contributed by atoms with Crippen molar-refractivity contribution >= 4 is 46.2 Å². The van der Waals surface area contributed by atoms with Crippen LogP contribution in [0.5, 0.6) is 5.75 Å². The van der Waals surface area contributed by atoms with Crippen LogP contribution in [0.2, 0.25) is 0 Å². The van der Waals surface area contributed by atoms with E-state index >= 15 is 0 Å². The van der Waals surface area contributed by atoms with Crippen molar-refractivity contribution in [3.63, 3.8) is 0 Å². The van der Waals surface area contributed by atoms with Crippen molar-refractivity contribution in [1.82, 2.24) is 9.80 Å². The van der Waals surface area contributed by atoms with E-state index in [2.05, 4.69) is 5.32 Å². The molecule has 12 nitrogen and oxygen atoms in total. The Kier molecular flexibility index (Phi) is 10.8. The van der Waals surface area contributed by atoms with Crippen LogP contribution in [-0.2, 0) is 49.9 Å². The van der Waals surface area contributed by atoms with Crippen LogP contribution in [0.1, 0.15) is 105 Å². The molecule has 1 N–H and O–H groups in total. The number of amides is 3. The number of fused-ring (bicyclic) bond motifs is 2. The number of ether oxygens (including phenoxy) is 4. The largest absolute Gasteiger partial charge is 0.488 e. The summed E-state index contributed by atoms with van der Waals surface area (Å²) in [5.41, 5.74) is 0.280. The minimum Gasteiger partial charge on any atom is -0.488 e. The molecule has 0 radical (unpaired) electrons. The molecular formula is C39H47N3O9S. The third kappa shape index (κ3) is 9.30. The minimum absolute atomic E-state index is 0.0259. The number of carbonyl (C=O) groups is 5. The molecule has 3 aromatic rings. The number of thiophene rings is 1. The summed E-state index contributed by atoms with van der Waals surface area (Å²) in [4.78, 5) is 71.0. The van der Waals surface area contributed by atoms with Crippen molar-refractivity contribution in [3.8, 4) is 5.75 Å². The highest BCUT2D eigenvalue weighted by molar-refractivity contribution is 7.17. The Bertz CT molecular complexity index is 1870. The van der Waals surface area contributed by atoms with Gasteiger partial charge in [-0.25, -0.2) is 14.4 Å². The maximum Gasteiger partial charge on any atom is 0.410 e. The zero-order chi connectivity index (χ0) is 38.2. The van der Waals surface area contributed by atoms with Gasteiger partial charge in [0.15, 0.2) is 0 Å². The molecule has 0 fully saturated rings. The lowest BCUT2D eigenvalue weighted by Crippen LogP contribution is -2.51. The average molecular weight is 734 g/mol. The van der Waals surface area contributed by atoms with E-state index < -0.39 is 46.8 Å². The molecule has 1 aromatic heterocycles. The first-order valence-corrected chi connectivity index (χ1v) is 18.0. The average Bonchev–Trinajstić information content (AvgIpc) is 3.53. The van der Waals surface area contributed by atoms with Gasteiger partial charge in [0.1, 0.15) is 34.2 Å². The highest BCUT2D eigenvalue weighted by Gasteiger charge is 2.42. The lowest BCUT2D eigenvalue weighted by molar-refractivity contribution is -0.161. The Morgan fingerprint density at radius 3 is 2.12 bits per heavy atom. The fourth-order valence-corrected chi connectivity index (χ4v) is 7.15. The van der Waals surface area contributed by atoms with E-state index in [9.17, 15) is 24.0 Å². The van der Waals surface area contributed by atoms with Crippen LogP contribution in [0.15, 0.2) is 48.5 Å². The molecule has 0 aliphatic carbocycles. The predicted octanol–water partition coefficient (Wildman–Crippen LogP) is 6.88. The van der Waals surface area contributed by atoms with E-state index in [1.807, 2.05) is 42.5 Å². The molecule has 0 saturated heterocycles. The molecule has 3 heterocycles. The molecular weight excluding hydrogens is 687 g/mol. The Morgan fingerprint density at radius 2 is 1.48 bits per heavy atom. The van der Waals surface area contributed by atoms with Gasteiger partial charge in [-0.05, 0) is 91.5 Å². The second-order valence-electron chi connectivity index (χ2n) is 15.9. The monoisotopic (exact) mass is 733 g/mol. The second-order valence-corrected chi connectivity index (χ2v) is 17.0. The van der Waals surface area contributed by atoms with Crippen LogP contribution >= 0.6 is 11.3 Å². The number of anilines is 1. The standard InChI is InChI=1S/C39H47N3O9S/c1-37(2,3)49-34(45)30-26-18-25(20-41-19-24-16-13-17-27(29(24)33(41)44)48-22-23-14-11-10-12-15-23)42(36(47)51-39(7,8)9)21-28(26)52-32(30)40-31(43)35(46)50-38(4,5)6/h10-17,25H,18-22H2,1-9H3,(H,40,43). The second kappa shape index (κ2) is 14.6. The van der Waals surface area contributed by atoms with Crippen LogP contribution in [-0.4, -0.2) is 69.0 Å². The predicted molar refractivity (Wildman–Crippen MR) is 195 cm³/mol. The van der Waals surface area contributed by atoms with Crippen molar-refractivity contribution in [2.24, 2.45) is 0 Å². The van der Waals surface area contributed by atoms with Gasteiger partial charge >= 0.3 is 23.9 Å². The molecule has 2 aliphatic heterocycles. The quantitative estimate of drug-likeness (QED) is 0.156. The third-order valence-corrected chi connectivity index (χ3v) is 9.10. The van der Waals surface area contributed by atoms with E-state index in [-0.39, 0.29) is 36.0 Å². The number of hydrogen-bond donors (Lipinski definition) is 1. The molecule has 0 spiro atoms. The maximum atomic E-state index is 14.0. The minimum atomic E-state index is -1.11. The molecule has 2 aromatic carbocycles. The first-order valence-electron chi connectivity index (χ1n) is 17.2. The first kappa shape index (κ1) is 38.3. The van der Waals surface area contributed by atoms with E-state index in [4.69, 9.17) is 18.9 Å². The van der Waals surface area contributed by atoms with Crippen LogP contribution < -0.4 is 10.1 Å². The summed E-state index contributed by atoms with van der Waals surface area (Å²) < 4.78 is 22.9. The summed E-state index contributed by atoms with van der Waals surface area (Å²) in [7, 11) is 0. The first-order chi connectivity index (χ1) is 24.2. The molecule has 1 atom stereocenters. The highest BCUT2D eigenvalue weighted by Crippen LogP contribution is 2.41. The molecule has 5 rings (SSSR count). The highest BCUT2D eigenvalue weighted by atomic mass is 32.1. The van der Waals surface area contributed by atoms with E-state index in [0.29, 0.717) is 34.9 Å². The van der Waals surface area contributed by atoms with Crippen LogP contribution in [0.25, 0.3) is 0 Å². The van der Waals surface area contributed by atoms with Gasteiger partial charge in [-0.1, -0.05) is 42.5 Å². The zero-order valence-corrected chi connectivity index (χ0v) is 32.0. The van der Waals surface area contributed by atoms with Gasteiger partial charge in [-0.15, -0.1) is 11.3 Å². The normalized spacial score (nSPS) is 15.8. The van der Waals surface area contributed by atoms with Gasteiger partial charge in [0, 0.05) is 18.0 Å². The topological polar surface area (TPSA) is 141 Å². The fraction of sp³-hybridized carbons (Fsp3) is 0.462. The molecule has 1 unspecified atom stereocenters. The van der Waals surface area contributed by atoms with Gasteiger partial charge in [-0.2, -0.15) is 0 Å². The number of nitrogens with one attached hydrogen (secondary N) is 1. The smallest absolute Gasteiger partial charge is 0.410 e. The maximum absolute atomic E-state index is 14.0. The third-order valence-electron chi connectivity index (χ3n) is 7.97. The Balaban J connectivity index is 1.47. The Hall–Kier alpha value is -4.91. The molecule has 52 heavy (non-hydrogen) atoms. The number of nitrogens with zero attached hydrogens (tertiary/aromatic N) is 2. The van der Waals surface area contributed by atoms with Crippen molar-refractivity contribution < 1.29 is 42.9 Å². The van der Waals surface area contributed by atoms with Gasteiger partial charge in [0.2, 0.25) is 0 Å². The van der Waals surface area contributed by atoms with Crippen molar-refractivity contribution in [2.75, 3.05) is 11.9 Å². The van der Waals surface area contributed by atoms with Crippen molar-refractivity contribution in [2.45, 2.75) is 111 Å². The molecule has 13 heteroatoms. The SMILES string of the molecule is CC(C)(C)OC(=O)C(=O)Nc1sc2c(c1C(=O)OC(C)(C)C)CC(CN1Cc3cccc(OCc4ccccc4)c3C1=O)N(C(=O)OC(C)(C)C)C2. The van der Waals surface area contributed by atoms with E-state index in [0.717, 1.165) is 22.5 Å². The van der Waals surface area contributed by atoms with E-state index in [1.165, 1.54) is 0 Å². The molecule has 0 saturated carbocycles. The Morgan fingerprint density at radius 1 is 0.827 bits per heavy atom. The number of esters is 2. The van der Waals surface area contributed by atoms with E-state index in [1.54, 1.807) is 78.2 Å². The summed E-state index contributed by atoms with van der Waals surface area (Å²) in [5.74, 6) is -2.62. The van der Waals surface area contributed by atoms with Gasteiger partial charge in [0.05, 0.1) is 23.7 Å². The fourth-order valence-electron chi connectivity index (χ4n) is 5.94. The van der Waals surface area contributed by atoms with Crippen LogP contribution in [0, 0.1) is 0 Å². The molecule has 278 valence electrons. The lowest BCUT2D eigenvalue weighted by Gasteiger charge is -2.38. The van der Waals surface area contributed by atoms with Crippen molar-refractivity contribution in [1.29, 1.82) is 0 Å². The molecule has 3 amide bonds. The Labute approximate surface area is 308 Å². The number of benzene rings is 2. The number of carbonyl (C=O) groups excluding carboxylic acids is 5. The zero-order valence-electron chi connectivity index (χ0n) is 31.2. The summed E-state index contributed by atoms with van der Waals surface area (Å²) in [6.45, 7) is 16.1. The summed E-state index contributed by atoms with van der Waals surface area (Å²) in [6.07, 6.45) is -0.454. The van der Waals surface area contributed by atoms with Crippen LogP contribution in [0.4, 0.5) is 9.80 Å². The summed E-state index contributed by atoms with van der Waals surface area (Å²) in [6, 6.07) is 14.5. The molecule has 0 bridgehead atoms. The summed E-state index contributed by atoms with van der Waals surface area (Å²) in [5, 5.41) is 2.67. The van der Waals surface area contributed by atoms with Gasteiger partial charge < -0.3 is 29.2 Å².